The van der Waals surface area contributed by atoms with E-state index in [4.69, 9.17) is 0 Å². The lowest BCUT2D eigenvalue weighted by Crippen LogP contribution is -2.38. The van der Waals surface area contributed by atoms with Crippen LogP contribution in [-0.2, 0) is 13.6 Å². The SMILES string of the molecule is Cn1cc(C(=O)N2CCC(c3nccn3Cc3cscn3)CC2)cn1. The topological polar surface area (TPSA) is 68.8 Å². The lowest BCUT2D eigenvalue weighted by molar-refractivity contribution is 0.0710. The van der Waals surface area contributed by atoms with Crippen molar-refractivity contribution in [3.63, 3.8) is 0 Å². The summed E-state index contributed by atoms with van der Waals surface area (Å²) >= 11 is 1.61. The molecule has 0 unspecified atom stereocenters. The molecule has 8 heteroatoms. The third-order valence-corrected chi connectivity index (χ3v) is 5.30. The molecule has 25 heavy (non-hydrogen) atoms. The summed E-state index contributed by atoms with van der Waals surface area (Å²) in [6, 6.07) is 0. The van der Waals surface area contributed by atoms with Crippen LogP contribution in [0, 0.1) is 0 Å². The predicted octanol–water partition coefficient (Wildman–Crippen LogP) is 2.14. The maximum Gasteiger partial charge on any atom is 0.257 e. The van der Waals surface area contributed by atoms with Gasteiger partial charge in [0.25, 0.3) is 5.91 Å². The Morgan fingerprint density at radius 3 is 2.84 bits per heavy atom. The molecule has 0 atom stereocenters. The second kappa shape index (κ2) is 6.79. The summed E-state index contributed by atoms with van der Waals surface area (Å²) in [5.74, 6) is 1.55. The maximum absolute atomic E-state index is 12.5. The highest BCUT2D eigenvalue weighted by Gasteiger charge is 2.27. The molecule has 1 fully saturated rings. The summed E-state index contributed by atoms with van der Waals surface area (Å²) in [5.41, 5.74) is 3.58. The van der Waals surface area contributed by atoms with E-state index in [2.05, 4.69) is 25.0 Å². The van der Waals surface area contributed by atoms with Crippen molar-refractivity contribution in [1.29, 1.82) is 0 Å². The first-order valence-corrected chi connectivity index (χ1v) is 9.31. The molecule has 0 radical (unpaired) electrons. The number of thiazole rings is 1. The summed E-state index contributed by atoms with van der Waals surface area (Å²) in [4.78, 5) is 23.4. The van der Waals surface area contributed by atoms with Crippen molar-refractivity contribution in [1.82, 2.24) is 29.2 Å². The molecule has 3 aromatic heterocycles. The van der Waals surface area contributed by atoms with E-state index < -0.39 is 0 Å². The van der Waals surface area contributed by atoms with Crippen LogP contribution < -0.4 is 0 Å². The molecule has 0 spiro atoms. The van der Waals surface area contributed by atoms with Gasteiger partial charge in [0.05, 0.1) is 29.5 Å². The maximum atomic E-state index is 12.5. The molecule has 4 heterocycles. The minimum absolute atomic E-state index is 0.0670. The minimum Gasteiger partial charge on any atom is -0.339 e. The van der Waals surface area contributed by atoms with Gasteiger partial charge in [0, 0.05) is 50.0 Å². The van der Waals surface area contributed by atoms with Gasteiger partial charge in [-0.3, -0.25) is 9.48 Å². The third kappa shape index (κ3) is 3.34. The van der Waals surface area contributed by atoms with E-state index in [9.17, 15) is 4.79 Å². The highest BCUT2D eigenvalue weighted by Crippen LogP contribution is 2.28. The molecule has 1 aliphatic heterocycles. The monoisotopic (exact) mass is 356 g/mol. The lowest BCUT2D eigenvalue weighted by atomic mass is 9.95. The van der Waals surface area contributed by atoms with Crippen LogP contribution in [0.5, 0.6) is 0 Å². The van der Waals surface area contributed by atoms with Gasteiger partial charge >= 0.3 is 0 Å². The molecule has 4 rings (SSSR count). The summed E-state index contributed by atoms with van der Waals surface area (Å²) in [7, 11) is 1.82. The quantitative estimate of drug-likeness (QED) is 0.718. The van der Waals surface area contributed by atoms with Gasteiger partial charge in [-0.15, -0.1) is 11.3 Å². The van der Waals surface area contributed by atoms with Gasteiger partial charge in [-0.25, -0.2) is 9.97 Å². The fraction of sp³-hybridized carbons (Fsp3) is 0.412. The van der Waals surface area contributed by atoms with Gasteiger partial charge in [-0.2, -0.15) is 5.10 Å². The first kappa shape index (κ1) is 16.0. The highest BCUT2D eigenvalue weighted by atomic mass is 32.1. The van der Waals surface area contributed by atoms with Crippen LogP contribution in [0.1, 0.15) is 40.6 Å². The number of aromatic nitrogens is 5. The Kier molecular flexibility index (Phi) is 4.35. The lowest BCUT2D eigenvalue weighted by Gasteiger charge is -2.31. The Morgan fingerprint density at radius 2 is 2.16 bits per heavy atom. The van der Waals surface area contributed by atoms with Gasteiger partial charge in [0.1, 0.15) is 5.82 Å². The zero-order valence-electron chi connectivity index (χ0n) is 14.1. The normalized spacial score (nSPS) is 15.6. The zero-order chi connectivity index (χ0) is 17.2. The van der Waals surface area contributed by atoms with Crippen molar-refractivity contribution in [2.45, 2.75) is 25.3 Å². The van der Waals surface area contributed by atoms with Crippen LogP contribution in [0.15, 0.2) is 35.7 Å². The van der Waals surface area contributed by atoms with Crippen molar-refractivity contribution in [3.8, 4) is 0 Å². The van der Waals surface area contributed by atoms with Gasteiger partial charge in [-0.1, -0.05) is 0 Å². The fourth-order valence-electron chi connectivity index (χ4n) is 3.36. The van der Waals surface area contributed by atoms with Crippen molar-refractivity contribution >= 4 is 17.2 Å². The molecule has 1 saturated heterocycles. The van der Waals surface area contributed by atoms with E-state index in [1.807, 2.05) is 29.9 Å². The van der Waals surface area contributed by atoms with Crippen molar-refractivity contribution in [2.24, 2.45) is 7.05 Å². The molecule has 0 aromatic carbocycles. The Hall–Kier alpha value is -2.48. The van der Waals surface area contributed by atoms with E-state index in [0.717, 1.165) is 44.0 Å². The van der Waals surface area contributed by atoms with Crippen molar-refractivity contribution < 1.29 is 4.79 Å². The number of likely N-dealkylation sites (tertiary alicyclic amines) is 1. The summed E-state index contributed by atoms with van der Waals surface area (Å²) in [6.45, 7) is 2.26. The number of carbonyl (C=O) groups is 1. The van der Waals surface area contributed by atoms with E-state index >= 15 is 0 Å². The van der Waals surface area contributed by atoms with Crippen LogP contribution in [0.2, 0.25) is 0 Å². The Morgan fingerprint density at radius 1 is 1.32 bits per heavy atom. The molecule has 0 saturated carbocycles. The summed E-state index contributed by atoms with van der Waals surface area (Å²) in [5, 5.41) is 6.15. The Labute approximate surface area is 149 Å². The molecule has 130 valence electrons. The van der Waals surface area contributed by atoms with E-state index in [1.165, 1.54) is 0 Å². The summed E-state index contributed by atoms with van der Waals surface area (Å²) in [6.07, 6.45) is 9.14. The van der Waals surface area contributed by atoms with Gasteiger partial charge in [0.2, 0.25) is 0 Å². The number of rotatable bonds is 4. The molecule has 0 N–H and O–H groups in total. The number of aryl methyl sites for hydroxylation is 1. The number of hydrogen-bond donors (Lipinski definition) is 0. The number of imidazole rings is 1. The number of nitrogens with zero attached hydrogens (tertiary/aromatic N) is 6. The van der Waals surface area contributed by atoms with Gasteiger partial charge in [0.15, 0.2) is 0 Å². The zero-order valence-corrected chi connectivity index (χ0v) is 14.9. The standard InChI is InChI=1S/C17H20N6OS/c1-21-9-14(8-20-21)17(24)22-5-2-13(3-6-22)16-18-4-7-23(16)10-15-11-25-12-19-15/h4,7-9,11-13H,2-3,5-6,10H2,1H3. The van der Waals surface area contributed by atoms with E-state index in [1.54, 1.807) is 28.4 Å². The molecule has 1 aliphatic rings. The van der Waals surface area contributed by atoms with Gasteiger partial charge < -0.3 is 9.47 Å². The van der Waals surface area contributed by atoms with E-state index in [0.29, 0.717) is 11.5 Å². The largest absolute Gasteiger partial charge is 0.339 e. The summed E-state index contributed by atoms with van der Waals surface area (Å²) < 4.78 is 3.84. The molecular weight excluding hydrogens is 336 g/mol. The smallest absolute Gasteiger partial charge is 0.257 e. The highest BCUT2D eigenvalue weighted by molar-refractivity contribution is 7.07. The Balaban J connectivity index is 1.41. The molecule has 0 bridgehead atoms. The van der Waals surface area contributed by atoms with Crippen LogP contribution in [0.25, 0.3) is 0 Å². The average Bonchev–Trinajstić information content (AvgIpc) is 3.37. The first-order chi connectivity index (χ1) is 12.2. The average molecular weight is 356 g/mol. The van der Waals surface area contributed by atoms with Crippen LogP contribution in [0.3, 0.4) is 0 Å². The number of hydrogen-bond acceptors (Lipinski definition) is 5. The fourth-order valence-corrected chi connectivity index (χ4v) is 3.91. The number of amides is 1. The minimum atomic E-state index is 0.0670. The molecule has 0 aliphatic carbocycles. The van der Waals surface area contributed by atoms with Gasteiger partial charge in [-0.05, 0) is 12.8 Å². The first-order valence-electron chi connectivity index (χ1n) is 8.36. The number of carbonyl (C=O) groups excluding carboxylic acids is 1. The van der Waals surface area contributed by atoms with Crippen LogP contribution in [0.4, 0.5) is 0 Å². The third-order valence-electron chi connectivity index (χ3n) is 4.66. The predicted molar refractivity (Wildman–Crippen MR) is 94.5 cm³/mol. The molecular formula is C17H20N6OS. The second-order valence-corrected chi connectivity index (χ2v) is 7.08. The van der Waals surface area contributed by atoms with Crippen molar-refractivity contribution in [2.75, 3.05) is 13.1 Å². The second-order valence-electron chi connectivity index (χ2n) is 6.36. The van der Waals surface area contributed by atoms with E-state index in [-0.39, 0.29) is 5.91 Å². The van der Waals surface area contributed by atoms with Crippen LogP contribution >= 0.6 is 11.3 Å². The Bertz CT molecular complexity index is 844. The molecule has 1 amide bonds. The van der Waals surface area contributed by atoms with Crippen LogP contribution in [-0.4, -0.2) is 48.2 Å². The molecule has 3 aromatic rings. The van der Waals surface area contributed by atoms with Crippen molar-refractivity contribution in [3.05, 3.63) is 52.8 Å². The number of piperidine rings is 1. The molecule has 7 nitrogen and oxygen atoms in total.